The van der Waals surface area contributed by atoms with E-state index in [-0.39, 0.29) is 0 Å². The van der Waals surface area contributed by atoms with Crippen molar-refractivity contribution < 1.29 is 4.74 Å². The van der Waals surface area contributed by atoms with Gasteiger partial charge in [0.05, 0.1) is 11.6 Å². The predicted molar refractivity (Wildman–Crippen MR) is 90.2 cm³/mol. The smallest absolute Gasteiger partial charge is 0.120 e. The second kappa shape index (κ2) is 6.06. The number of hydrogen-bond donors (Lipinski definition) is 1. The zero-order valence-corrected chi connectivity index (χ0v) is 13.0. The van der Waals surface area contributed by atoms with Crippen LogP contribution in [-0.4, -0.2) is 18.2 Å². The Hall–Kier alpha value is -2.31. The average Bonchev–Trinajstić information content (AvgIpc) is 2.94. The van der Waals surface area contributed by atoms with Crippen LogP contribution in [-0.2, 0) is 0 Å². The minimum absolute atomic E-state index is 0.314. The fraction of sp³-hybridized carbons (Fsp3) is 0.350. The van der Waals surface area contributed by atoms with Crippen molar-refractivity contribution >= 4 is 0 Å². The number of nitrogens with zero attached hydrogens (tertiary/aromatic N) is 1. The summed E-state index contributed by atoms with van der Waals surface area (Å²) in [6, 6.07) is 19.4. The monoisotopic (exact) mass is 304 g/mol. The lowest BCUT2D eigenvalue weighted by Gasteiger charge is -2.29. The summed E-state index contributed by atoms with van der Waals surface area (Å²) >= 11 is 0. The van der Waals surface area contributed by atoms with Crippen LogP contribution in [0.2, 0.25) is 0 Å². The van der Waals surface area contributed by atoms with Gasteiger partial charge in [0.1, 0.15) is 11.9 Å². The summed E-state index contributed by atoms with van der Waals surface area (Å²) in [5.74, 6) is 0.927. The zero-order valence-electron chi connectivity index (χ0n) is 13.0. The van der Waals surface area contributed by atoms with Crippen molar-refractivity contribution in [2.75, 3.05) is 0 Å². The first-order valence-electron chi connectivity index (χ1n) is 8.33. The number of nitriles is 1. The standard InChI is InChI=1S/C20H20N2O/c21-13-14-3-1-4-15(9-14)16-5-2-6-19(10-16)23-20-11-17-7-8-18(12-20)22-17/h1-6,9-10,17-18,20,22H,7-8,11-12H2. The summed E-state index contributed by atoms with van der Waals surface area (Å²) in [6.45, 7) is 0. The molecule has 1 N–H and O–H groups in total. The molecule has 0 aromatic heterocycles. The fourth-order valence-corrected chi connectivity index (χ4v) is 3.81. The van der Waals surface area contributed by atoms with E-state index >= 15 is 0 Å². The first-order chi connectivity index (χ1) is 11.3. The van der Waals surface area contributed by atoms with Crippen molar-refractivity contribution in [1.29, 1.82) is 5.26 Å². The molecule has 0 saturated carbocycles. The van der Waals surface area contributed by atoms with E-state index in [4.69, 9.17) is 10.00 Å². The Morgan fingerprint density at radius 1 is 0.957 bits per heavy atom. The number of fused-ring (bicyclic) bond motifs is 2. The summed E-state index contributed by atoms with van der Waals surface area (Å²) < 4.78 is 6.25. The van der Waals surface area contributed by atoms with Gasteiger partial charge in [-0.2, -0.15) is 5.26 Å². The summed E-state index contributed by atoms with van der Waals surface area (Å²) in [4.78, 5) is 0. The molecule has 3 nitrogen and oxygen atoms in total. The Bertz CT molecular complexity index is 737. The van der Waals surface area contributed by atoms with E-state index in [1.54, 1.807) is 0 Å². The lowest BCUT2D eigenvalue weighted by Crippen LogP contribution is -2.42. The molecule has 0 aliphatic carbocycles. The number of ether oxygens (including phenoxy) is 1. The molecule has 2 aromatic rings. The first-order valence-corrected chi connectivity index (χ1v) is 8.33. The highest BCUT2D eigenvalue weighted by Gasteiger charge is 2.34. The van der Waals surface area contributed by atoms with Crippen molar-refractivity contribution in [2.24, 2.45) is 0 Å². The molecule has 0 spiro atoms. The molecule has 116 valence electrons. The Labute approximate surface area is 136 Å². The molecule has 2 aliphatic rings. The van der Waals surface area contributed by atoms with Gasteiger partial charge in [0, 0.05) is 12.1 Å². The molecular weight excluding hydrogens is 284 g/mol. The molecule has 0 amide bonds. The van der Waals surface area contributed by atoms with Gasteiger partial charge in [0.15, 0.2) is 0 Å². The molecule has 2 saturated heterocycles. The fourth-order valence-electron chi connectivity index (χ4n) is 3.81. The van der Waals surface area contributed by atoms with Gasteiger partial charge >= 0.3 is 0 Å². The molecular formula is C20H20N2O. The minimum Gasteiger partial charge on any atom is -0.490 e. The second-order valence-corrected chi connectivity index (χ2v) is 6.57. The van der Waals surface area contributed by atoms with E-state index in [0.717, 1.165) is 29.7 Å². The topological polar surface area (TPSA) is 45.0 Å². The van der Waals surface area contributed by atoms with Crippen molar-refractivity contribution in [3.8, 4) is 22.9 Å². The molecule has 2 heterocycles. The van der Waals surface area contributed by atoms with Crippen molar-refractivity contribution in [3.63, 3.8) is 0 Å². The molecule has 2 aromatic carbocycles. The van der Waals surface area contributed by atoms with E-state index in [9.17, 15) is 0 Å². The molecule has 2 fully saturated rings. The molecule has 2 atom stereocenters. The van der Waals surface area contributed by atoms with Crippen LogP contribution >= 0.6 is 0 Å². The molecule has 23 heavy (non-hydrogen) atoms. The van der Waals surface area contributed by atoms with E-state index in [1.165, 1.54) is 12.8 Å². The lowest BCUT2D eigenvalue weighted by atomic mass is 10.0. The van der Waals surface area contributed by atoms with Gasteiger partial charge in [-0.05, 0) is 61.1 Å². The third kappa shape index (κ3) is 3.09. The van der Waals surface area contributed by atoms with E-state index in [2.05, 4.69) is 23.5 Å². The molecule has 2 bridgehead atoms. The number of nitrogens with one attached hydrogen (secondary N) is 1. The molecule has 0 radical (unpaired) electrons. The Morgan fingerprint density at radius 3 is 2.39 bits per heavy atom. The van der Waals surface area contributed by atoms with Gasteiger partial charge in [0.25, 0.3) is 0 Å². The van der Waals surface area contributed by atoms with Crippen LogP contribution in [0.3, 0.4) is 0 Å². The highest BCUT2D eigenvalue weighted by molar-refractivity contribution is 5.66. The summed E-state index contributed by atoms with van der Waals surface area (Å²) in [5.41, 5.74) is 2.83. The number of benzene rings is 2. The van der Waals surface area contributed by atoms with Gasteiger partial charge in [0.2, 0.25) is 0 Å². The van der Waals surface area contributed by atoms with Crippen LogP contribution in [0.25, 0.3) is 11.1 Å². The minimum atomic E-state index is 0.314. The maximum Gasteiger partial charge on any atom is 0.120 e. The highest BCUT2D eigenvalue weighted by atomic mass is 16.5. The van der Waals surface area contributed by atoms with Crippen molar-refractivity contribution in [3.05, 3.63) is 54.1 Å². The first kappa shape index (κ1) is 14.3. The lowest BCUT2D eigenvalue weighted by molar-refractivity contribution is 0.137. The summed E-state index contributed by atoms with van der Waals surface area (Å²) in [6.07, 6.45) is 5.08. The second-order valence-electron chi connectivity index (χ2n) is 6.57. The average molecular weight is 304 g/mol. The van der Waals surface area contributed by atoms with E-state index in [0.29, 0.717) is 23.8 Å². The van der Waals surface area contributed by atoms with Gasteiger partial charge < -0.3 is 10.1 Å². The number of hydrogen-bond acceptors (Lipinski definition) is 3. The summed E-state index contributed by atoms with van der Waals surface area (Å²) in [7, 11) is 0. The Morgan fingerprint density at radius 2 is 1.65 bits per heavy atom. The van der Waals surface area contributed by atoms with E-state index < -0.39 is 0 Å². The van der Waals surface area contributed by atoms with E-state index in [1.807, 2.05) is 36.4 Å². The van der Waals surface area contributed by atoms with Gasteiger partial charge in [-0.1, -0.05) is 24.3 Å². The Balaban J connectivity index is 1.53. The van der Waals surface area contributed by atoms with Crippen LogP contribution in [0.4, 0.5) is 0 Å². The third-order valence-corrected chi connectivity index (χ3v) is 4.89. The third-order valence-electron chi connectivity index (χ3n) is 4.89. The Kier molecular flexibility index (Phi) is 3.77. The maximum absolute atomic E-state index is 9.05. The van der Waals surface area contributed by atoms with Gasteiger partial charge in [-0.25, -0.2) is 0 Å². The van der Waals surface area contributed by atoms with Crippen LogP contribution in [0.15, 0.2) is 48.5 Å². The largest absolute Gasteiger partial charge is 0.490 e. The van der Waals surface area contributed by atoms with Crippen LogP contribution < -0.4 is 10.1 Å². The normalized spacial score (nSPS) is 25.8. The predicted octanol–water partition coefficient (Wildman–Crippen LogP) is 3.89. The van der Waals surface area contributed by atoms with Crippen molar-refractivity contribution in [1.82, 2.24) is 5.32 Å². The van der Waals surface area contributed by atoms with Crippen LogP contribution in [0.5, 0.6) is 5.75 Å². The van der Waals surface area contributed by atoms with Gasteiger partial charge in [-0.3, -0.25) is 0 Å². The highest BCUT2D eigenvalue weighted by Crippen LogP contribution is 2.31. The zero-order chi connectivity index (χ0) is 15.6. The molecule has 4 rings (SSSR count). The van der Waals surface area contributed by atoms with Crippen molar-refractivity contribution in [2.45, 2.75) is 43.9 Å². The number of piperidine rings is 1. The number of rotatable bonds is 3. The SMILES string of the molecule is N#Cc1cccc(-c2cccc(OC3CC4CCC(C3)N4)c2)c1. The molecule has 3 heteroatoms. The van der Waals surface area contributed by atoms with Crippen LogP contribution in [0, 0.1) is 11.3 Å². The quantitative estimate of drug-likeness (QED) is 0.935. The summed E-state index contributed by atoms with van der Waals surface area (Å²) in [5, 5.41) is 12.7. The maximum atomic E-state index is 9.05. The van der Waals surface area contributed by atoms with Crippen LogP contribution in [0.1, 0.15) is 31.2 Å². The molecule has 2 aliphatic heterocycles. The molecule has 2 unspecified atom stereocenters. The van der Waals surface area contributed by atoms with Gasteiger partial charge in [-0.15, -0.1) is 0 Å².